The number of likely N-dealkylation sites (N-methyl/N-ethyl adjacent to an activating group) is 1. The molecule has 1 amide bonds. The van der Waals surface area contributed by atoms with Crippen molar-refractivity contribution in [2.75, 3.05) is 19.0 Å². The van der Waals surface area contributed by atoms with Crippen LogP contribution in [0.4, 0.5) is 5.13 Å². The summed E-state index contributed by atoms with van der Waals surface area (Å²) in [6, 6.07) is 13.1. The normalized spacial score (nSPS) is 24.6. The van der Waals surface area contributed by atoms with Crippen LogP contribution in [0, 0.1) is 11.8 Å². The molecule has 0 radical (unpaired) electrons. The molecule has 0 unspecified atom stereocenters. The molecule has 8 heteroatoms. The van der Waals surface area contributed by atoms with Gasteiger partial charge in [-0.3, -0.25) is 14.5 Å². The summed E-state index contributed by atoms with van der Waals surface area (Å²) >= 11 is 1.36. The number of benzene rings is 1. The van der Waals surface area contributed by atoms with Gasteiger partial charge in [-0.05, 0) is 30.8 Å². The number of anilines is 1. The summed E-state index contributed by atoms with van der Waals surface area (Å²) in [4.78, 5) is 32.3. The molecule has 2 N–H and O–H groups in total. The minimum Gasteiger partial charge on any atom is -0.396 e. The van der Waals surface area contributed by atoms with Gasteiger partial charge in [0.1, 0.15) is 0 Å². The van der Waals surface area contributed by atoms with Crippen molar-refractivity contribution in [1.82, 2.24) is 14.5 Å². The largest absolute Gasteiger partial charge is 0.396 e. The van der Waals surface area contributed by atoms with Crippen LogP contribution in [0.3, 0.4) is 0 Å². The number of hydrogen-bond donors (Lipinski definition) is 2. The number of fused-ring (bicyclic) bond motifs is 3. The molecule has 0 saturated carbocycles. The predicted molar refractivity (Wildman–Crippen MR) is 125 cm³/mol. The molecule has 0 spiro atoms. The lowest BCUT2D eigenvalue weighted by Gasteiger charge is -2.26. The van der Waals surface area contributed by atoms with Crippen molar-refractivity contribution in [3.63, 3.8) is 0 Å². The summed E-state index contributed by atoms with van der Waals surface area (Å²) in [6.07, 6.45) is 5.42. The molecule has 7 nitrogen and oxygen atoms in total. The Hall–Kier alpha value is -3.07. The number of aromatic nitrogens is 2. The number of carbonyl (C=O) groups is 1. The Morgan fingerprint density at radius 3 is 2.78 bits per heavy atom. The first-order valence-electron chi connectivity index (χ1n) is 10.6. The van der Waals surface area contributed by atoms with Crippen LogP contribution in [0.2, 0.25) is 0 Å². The Bertz CT molecular complexity index is 1210. The molecule has 164 valence electrons. The Labute approximate surface area is 189 Å². The standard InChI is InChI=1S/C24H24N4O3S/c1-27-20-17(18(14-29)21(27)22(30)26-24-25-11-12-32-24)13-28-19(20)10-9-16(23(28)31)8-7-15-5-3-2-4-6-15/h2-12,17-18,20-21,29H,13-14H2,1H3,(H,25,26,30)/b8-7+/t17-,18-,20+,21-/m1/s1. The Balaban J connectivity index is 1.43. The van der Waals surface area contributed by atoms with E-state index < -0.39 is 6.04 Å². The fourth-order valence-electron chi connectivity index (χ4n) is 5.13. The Kier molecular flexibility index (Phi) is 5.50. The number of nitrogens with one attached hydrogen (secondary N) is 1. The third kappa shape index (κ3) is 3.50. The summed E-state index contributed by atoms with van der Waals surface area (Å²) in [5.41, 5.74) is 2.50. The molecule has 1 aromatic carbocycles. The van der Waals surface area contributed by atoms with Gasteiger partial charge in [0.25, 0.3) is 5.56 Å². The van der Waals surface area contributed by atoms with Crippen molar-refractivity contribution in [2.45, 2.75) is 18.6 Å². The lowest BCUT2D eigenvalue weighted by Crippen LogP contribution is -2.44. The molecular weight excluding hydrogens is 424 g/mol. The fourth-order valence-corrected chi connectivity index (χ4v) is 5.66. The zero-order chi connectivity index (χ0) is 22.2. The van der Waals surface area contributed by atoms with Crippen LogP contribution in [-0.4, -0.2) is 45.2 Å². The smallest absolute Gasteiger partial charge is 0.258 e. The van der Waals surface area contributed by atoms with Gasteiger partial charge in [0.2, 0.25) is 5.91 Å². The third-order valence-electron chi connectivity index (χ3n) is 6.57. The summed E-state index contributed by atoms with van der Waals surface area (Å²) in [7, 11) is 1.89. The van der Waals surface area contributed by atoms with Crippen molar-refractivity contribution >= 4 is 34.5 Å². The number of hydrogen-bond acceptors (Lipinski definition) is 6. The molecule has 3 aromatic rings. The molecule has 1 saturated heterocycles. The molecule has 4 heterocycles. The van der Waals surface area contributed by atoms with Crippen molar-refractivity contribution in [2.24, 2.45) is 11.8 Å². The van der Waals surface area contributed by atoms with E-state index in [1.807, 2.05) is 66.6 Å². The summed E-state index contributed by atoms with van der Waals surface area (Å²) in [6.45, 7) is 0.368. The quantitative estimate of drug-likeness (QED) is 0.627. The van der Waals surface area contributed by atoms with Crippen LogP contribution in [0.25, 0.3) is 12.2 Å². The maximum Gasteiger partial charge on any atom is 0.258 e. The van der Waals surface area contributed by atoms with E-state index in [-0.39, 0.29) is 36.0 Å². The number of amides is 1. The van der Waals surface area contributed by atoms with E-state index in [0.29, 0.717) is 17.2 Å². The van der Waals surface area contributed by atoms with Crippen LogP contribution in [-0.2, 0) is 11.3 Å². The number of thiazole rings is 1. The number of carbonyl (C=O) groups excluding carboxylic acids is 1. The summed E-state index contributed by atoms with van der Waals surface area (Å²) < 4.78 is 1.80. The lowest BCUT2D eigenvalue weighted by molar-refractivity contribution is -0.122. The van der Waals surface area contributed by atoms with Crippen molar-refractivity contribution in [1.29, 1.82) is 0 Å². The molecule has 0 aliphatic carbocycles. The summed E-state index contributed by atoms with van der Waals surface area (Å²) in [5.74, 6) is -0.460. The van der Waals surface area contributed by atoms with Crippen molar-refractivity contribution < 1.29 is 9.90 Å². The highest BCUT2D eigenvalue weighted by Crippen LogP contribution is 2.48. The van der Waals surface area contributed by atoms with Gasteiger partial charge >= 0.3 is 0 Å². The van der Waals surface area contributed by atoms with Crippen molar-refractivity contribution in [3.8, 4) is 0 Å². The first kappa shape index (κ1) is 20.8. The van der Waals surface area contributed by atoms with Gasteiger partial charge in [0.15, 0.2) is 5.13 Å². The zero-order valence-electron chi connectivity index (χ0n) is 17.6. The molecular formula is C24H24N4O3S. The average molecular weight is 449 g/mol. The highest BCUT2D eigenvalue weighted by atomic mass is 32.1. The Morgan fingerprint density at radius 1 is 1.25 bits per heavy atom. The van der Waals surface area contributed by atoms with E-state index in [4.69, 9.17) is 0 Å². The molecule has 32 heavy (non-hydrogen) atoms. The highest BCUT2D eigenvalue weighted by molar-refractivity contribution is 7.13. The van der Waals surface area contributed by atoms with E-state index in [9.17, 15) is 14.7 Å². The maximum atomic E-state index is 13.2. The van der Waals surface area contributed by atoms with Gasteiger partial charge in [0, 0.05) is 47.8 Å². The number of likely N-dealkylation sites (tertiary alicyclic amines) is 1. The molecule has 4 atom stereocenters. The van der Waals surface area contributed by atoms with Gasteiger partial charge < -0.3 is 15.0 Å². The number of aliphatic hydroxyl groups excluding tert-OH is 1. The second kappa shape index (κ2) is 8.46. The van der Waals surface area contributed by atoms with Gasteiger partial charge in [-0.2, -0.15) is 0 Å². The molecule has 2 aliphatic rings. The first-order valence-corrected chi connectivity index (χ1v) is 11.5. The van der Waals surface area contributed by atoms with Crippen molar-refractivity contribution in [3.05, 3.63) is 81.2 Å². The highest BCUT2D eigenvalue weighted by Gasteiger charge is 2.54. The number of nitrogens with zero attached hydrogens (tertiary/aromatic N) is 3. The summed E-state index contributed by atoms with van der Waals surface area (Å²) in [5, 5.41) is 15.4. The second-order valence-electron chi connectivity index (χ2n) is 8.27. The average Bonchev–Trinajstić information content (AvgIpc) is 3.50. The van der Waals surface area contributed by atoms with Crippen LogP contribution < -0.4 is 10.9 Å². The molecule has 1 fully saturated rings. The molecule has 0 bridgehead atoms. The number of aliphatic hydroxyl groups is 1. The van der Waals surface area contributed by atoms with Crippen LogP contribution in [0.1, 0.15) is 22.9 Å². The second-order valence-corrected chi connectivity index (χ2v) is 9.16. The van der Waals surface area contributed by atoms with Crippen LogP contribution >= 0.6 is 11.3 Å². The zero-order valence-corrected chi connectivity index (χ0v) is 18.4. The molecule has 5 rings (SSSR count). The van der Waals surface area contributed by atoms with E-state index in [1.165, 1.54) is 11.3 Å². The molecule has 2 aromatic heterocycles. The van der Waals surface area contributed by atoms with Crippen LogP contribution in [0.15, 0.2) is 58.8 Å². The minimum absolute atomic E-state index is 0.0157. The molecule has 2 aliphatic heterocycles. The van der Waals surface area contributed by atoms with Gasteiger partial charge in [-0.25, -0.2) is 4.98 Å². The lowest BCUT2D eigenvalue weighted by atomic mass is 9.88. The topological polar surface area (TPSA) is 87.5 Å². The van der Waals surface area contributed by atoms with E-state index in [2.05, 4.69) is 10.3 Å². The van der Waals surface area contributed by atoms with E-state index in [1.54, 1.807) is 16.1 Å². The number of rotatable bonds is 5. The van der Waals surface area contributed by atoms with E-state index in [0.717, 1.165) is 11.3 Å². The monoisotopic (exact) mass is 448 g/mol. The Morgan fingerprint density at radius 2 is 2.06 bits per heavy atom. The van der Waals surface area contributed by atoms with E-state index >= 15 is 0 Å². The predicted octanol–water partition coefficient (Wildman–Crippen LogP) is 2.71. The minimum atomic E-state index is -0.486. The fraction of sp³-hybridized carbons (Fsp3) is 0.292. The third-order valence-corrected chi connectivity index (χ3v) is 7.26. The first-order chi connectivity index (χ1) is 15.6. The SMILES string of the molecule is CN1[C@@H]2c3ccc(/C=C/c4ccccc4)c(=O)n3C[C@@H]2[C@@H](CO)[C@@H]1C(=O)Nc1nccs1. The maximum absolute atomic E-state index is 13.2. The number of pyridine rings is 1. The van der Waals surface area contributed by atoms with Crippen LogP contribution in [0.5, 0.6) is 0 Å². The van der Waals surface area contributed by atoms with Gasteiger partial charge in [-0.1, -0.05) is 36.4 Å². The van der Waals surface area contributed by atoms with Gasteiger partial charge in [0.05, 0.1) is 12.1 Å². The van der Waals surface area contributed by atoms with Gasteiger partial charge in [-0.15, -0.1) is 11.3 Å².